The van der Waals surface area contributed by atoms with E-state index in [0.29, 0.717) is 0 Å². The van der Waals surface area contributed by atoms with E-state index in [1.807, 2.05) is 0 Å². The zero-order valence-corrected chi connectivity index (χ0v) is 39.3. The highest BCUT2D eigenvalue weighted by Crippen LogP contribution is 2.46. The summed E-state index contributed by atoms with van der Waals surface area (Å²) >= 11 is 0. The number of carbonyl (C=O) groups is 6. The summed E-state index contributed by atoms with van der Waals surface area (Å²) in [7, 11) is 2.08. The van der Waals surface area contributed by atoms with Gasteiger partial charge in [-0.05, 0) is 62.4 Å². The van der Waals surface area contributed by atoms with Crippen molar-refractivity contribution < 1.29 is 90.7 Å². The molecule has 4 aromatic carbocycles. The summed E-state index contributed by atoms with van der Waals surface area (Å²) < 4.78 is 72.1. The molecule has 71 heavy (non-hydrogen) atoms. The molecule has 3 aliphatic rings. The first kappa shape index (κ1) is 52.0. The first-order chi connectivity index (χ1) is 34.1. The lowest BCUT2D eigenvalue weighted by Crippen LogP contribution is -2.68. The summed E-state index contributed by atoms with van der Waals surface area (Å²) in [5.41, 5.74) is 0.490. The van der Waals surface area contributed by atoms with Gasteiger partial charge in [-0.1, -0.05) is 78.9 Å². The Balaban J connectivity index is 1.30. The molecule has 0 aliphatic carbocycles. The highest BCUT2D eigenvalue weighted by molar-refractivity contribution is 5.91. The number of hydrogen-bond donors (Lipinski definition) is 1. The van der Waals surface area contributed by atoms with Gasteiger partial charge in [0.1, 0.15) is 37.6 Å². The predicted octanol–water partition coefficient (Wildman–Crippen LogP) is 4.94. The van der Waals surface area contributed by atoms with Gasteiger partial charge in [0, 0.05) is 12.8 Å². The molecule has 0 bridgehead atoms. The summed E-state index contributed by atoms with van der Waals surface area (Å²) in [6.45, 7) is 5.09. The molecule has 0 amide bonds. The van der Waals surface area contributed by atoms with Gasteiger partial charge in [0.25, 0.3) is 11.6 Å². The first-order valence-electron chi connectivity index (χ1n) is 22.6. The SMILES string of the molecule is C=CCO[C@]1(C(=O)OC)C[C@@H](O[C@]2(C(=O)OC)C[C@H]3OC(C)(C)O[C@H]3[C@@H]([C@@H](COC(=O)c3ccccc3)OC(=O)c3ccccc3)O2)[C@@H](O)[C@@H]([C@@H](COC(=O)c2ccccc2)OC(=O)c2ccccc2)O1. The molecule has 3 heterocycles. The van der Waals surface area contributed by atoms with E-state index in [0.717, 1.165) is 14.2 Å². The van der Waals surface area contributed by atoms with Crippen LogP contribution in [0.2, 0.25) is 0 Å². The summed E-state index contributed by atoms with van der Waals surface area (Å²) in [4.78, 5) is 82.9. The average molecular weight is 983 g/mol. The van der Waals surface area contributed by atoms with Gasteiger partial charge in [-0.2, -0.15) is 0 Å². The van der Waals surface area contributed by atoms with Crippen LogP contribution in [0.3, 0.4) is 0 Å². The summed E-state index contributed by atoms with van der Waals surface area (Å²) in [5, 5.41) is 12.5. The summed E-state index contributed by atoms with van der Waals surface area (Å²) in [6, 6.07) is 31.5. The Kier molecular flexibility index (Phi) is 16.8. The fraction of sp³-hybridized carbons (Fsp3) is 0.385. The largest absolute Gasteiger partial charge is 0.465 e. The normalized spacial score (nSPS) is 26.3. The third kappa shape index (κ3) is 12.2. The minimum atomic E-state index is -2.64. The number of ether oxygens (including phenoxy) is 12. The van der Waals surface area contributed by atoms with E-state index < -0.39 is 128 Å². The third-order valence-electron chi connectivity index (χ3n) is 11.7. The number of rotatable bonds is 19. The lowest BCUT2D eigenvalue weighted by Gasteiger charge is -2.50. The predicted molar refractivity (Wildman–Crippen MR) is 244 cm³/mol. The third-order valence-corrected chi connectivity index (χ3v) is 11.7. The molecule has 3 aliphatic heterocycles. The van der Waals surface area contributed by atoms with Crippen LogP contribution in [-0.2, 0) is 66.4 Å². The van der Waals surface area contributed by atoms with Crippen molar-refractivity contribution >= 4 is 35.8 Å². The van der Waals surface area contributed by atoms with Gasteiger partial charge < -0.3 is 61.9 Å². The smallest absolute Gasteiger partial charge is 0.366 e. The summed E-state index contributed by atoms with van der Waals surface area (Å²) in [5.74, 6) is -12.3. The van der Waals surface area contributed by atoms with Crippen molar-refractivity contribution in [2.24, 2.45) is 0 Å². The monoisotopic (exact) mass is 982 g/mol. The van der Waals surface area contributed by atoms with Crippen LogP contribution in [0, 0.1) is 0 Å². The molecular weight excluding hydrogens is 929 g/mol. The molecular formula is C52H54O19. The minimum absolute atomic E-state index is 0.0617. The molecule has 3 saturated heterocycles. The number of hydrogen-bond acceptors (Lipinski definition) is 19. The minimum Gasteiger partial charge on any atom is -0.465 e. The lowest BCUT2D eigenvalue weighted by molar-refractivity contribution is -0.369. The van der Waals surface area contributed by atoms with Crippen molar-refractivity contribution in [2.45, 2.75) is 92.9 Å². The Morgan fingerprint density at radius 2 is 1.03 bits per heavy atom. The fourth-order valence-electron chi connectivity index (χ4n) is 8.40. The molecule has 1 N–H and O–H groups in total. The van der Waals surface area contributed by atoms with E-state index in [1.165, 1.54) is 54.6 Å². The second-order valence-corrected chi connectivity index (χ2v) is 17.0. The van der Waals surface area contributed by atoms with E-state index in [9.17, 15) is 33.9 Å². The number of benzene rings is 4. The molecule has 0 aromatic heterocycles. The maximum absolute atomic E-state index is 14.5. The average Bonchev–Trinajstić information content (AvgIpc) is 3.72. The van der Waals surface area contributed by atoms with Crippen LogP contribution in [0.1, 0.15) is 68.1 Å². The highest BCUT2D eigenvalue weighted by Gasteiger charge is 2.65. The number of aliphatic hydroxyl groups excluding tert-OH is 1. The van der Waals surface area contributed by atoms with Gasteiger partial charge in [0.15, 0.2) is 18.0 Å². The van der Waals surface area contributed by atoms with E-state index in [1.54, 1.807) is 86.6 Å². The molecule has 4 aromatic rings. The van der Waals surface area contributed by atoms with Crippen LogP contribution >= 0.6 is 0 Å². The van der Waals surface area contributed by atoms with Gasteiger partial charge >= 0.3 is 35.8 Å². The van der Waals surface area contributed by atoms with Gasteiger partial charge in [0.05, 0.1) is 55.3 Å². The van der Waals surface area contributed by atoms with Crippen molar-refractivity contribution in [2.75, 3.05) is 34.0 Å². The molecule has 3 fully saturated rings. The molecule has 19 heteroatoms. The standard InChI is InChI=1S/C52H54O19/c1-6-27-64-51(48(58)60-4)28-36(40(53)41(70-51)38(65-46(56)34-23-15-9-16-24-34)30-62-44(54)32-19-11-7-12-20-32)68-52(49(59)61-5)29-37-42(69-50(2,3)67-37)43(71-52)39(66-47(57)35-25-17-10-18-26-35)31-63-45(55)33-21-13-8-14-22-33/h6-26,36-43,53H,1,27-31H2,2-5H3/t36-,37-,38-,39-,40-,41-,42-,43-,51-,52-/m1/s1. The van der Waals surface area contributed by atoms with Gasteiger partial charge in [-0.15, -0.1) is 6.58 Å². The summed E-state index contributed by atoms with van der Waals surface area (Å²) in [6.07, 6.45) is -12.8. The van der Waals surface area contributed by atoms with Crippen molar-refractivity contribution in [3.8, 4) is 0 Å². The Morgan fingerprint density at radius 3 is 1.48 bits per heavy atom. The molecule has 0 spiro atoms. The molecule has 376 valence electrons. The van der Waals surface area contributed by atoms with Crippen molar-refractivity contribution in [3.05, 3.63) is 156 Å². The molecule has 19 nitrogen and oxygen atoms in total. The molecule has 10 atom stereocenters. The maximum atomic E-state index is 14.5. The van der Waals surface area contributed by atoms with Crippen LogP contribution < -0.4 is 0 Å². The van der Waals surface area contributed by atoms with Crippen LogP contribution in [0.4, 0.5) is 0 Å². The molecule has 0 radical (unpaired) electrons. The number of aliphatic hydroxyl groups is 1. The Bertz CT molecular complexity index is 2490. The fourth-order valence-corrected chi connectivity index (χ4v) is 8.40. The van der Waals surface area contributed by atoms with Crippen molar-refractivity contribution in [3.63, 3.8) is 0 Å². The van der Waals surface area contributed by atoms with Crippen molar-refractivity contribution in [1.29, 1.82) is 0 Å². The first-order valence-corrected chi connectivity index (χ1v) is 22.6. The van der Waals surface area contributed by atoms with Crippen LogP contribution in [0.25, 0.3) is 0 Å². The second-order valence-electron chi connectivity index (χ2n) is 17.0. The molecule has 7 rings (SSSR count). The van der Waals surface area contributed by atoms with E-state index in [2.05, 4.69) is 6.58 Å². The van der Waals surface area contributed by atoms with E-state index in [-0.39, 0.29) is 28.9 Å². The lowest BCUT2D eigenvalue weighted by atomic mass is 9.89. The number of methoxy groups -OCH3 is 2. The number of esters is 6. The molecule has 0 unspecified atom stereocenters. The topological polar surface area (TPSA) is 233 Å². The second kappa shape index (κ2) is 22.9. The van der Waals surface area contributed by atoms with Crippen molar-refractivity contribution in [1.82, 2.24) is 0 Å². The zero-order valence-electron chi connectivity index (χ0n) is 39.3. The highest BCUT2D eigenvalue weighted by atomic mass is 16.8. The van der Waals surface area contributed by atoms with E-state index in [4.69, 9.17) is 56.8 Å². The number of carbonyl (C=O) groups excluding carboxylic acids is 6. The number of fused-ring (bicyclic) bond motifs is 1. The Labute approximate surface area is 408 Å². The van der Waals surface area contributed by atoms with Gasteiger partial charge in [-0.3, -0.25) is 0 Å². The van der Waals surface area contributed by atoms with Crippen LogP contribution in [0.15, 0.2) is 134 Å². The maximum Gasteiger partial charge on any atom is 0.366 e. The van der Waals surface area contributed by atoms with Crippen LogP contribution in [0.5, 0.6) is 0 Å². The molecule has 0 saturated carbocycles. The Morgan fingerprint density at radius 1 is 0.606 bits per heavy atom. The van der Waals surface area contributed by atoms with Gasteiger partial charge in [0.2, 0.25) is 0 Å². The Hall–Kier alpha value is -6.84. The zero-order chi connectivity index (χ0) is 50.8. The van der Waals surface area contributed by atoms with E-state index >= 15 is 0 Å². The van der Waals surface area contributed by atoms with Gasteiger partial charge in [-0.25, -0.2) is 28.8 Å². The van der Waals surface area contributed by atoms with Crippen LogP contribution in [-0.4, -0.2) is 141 Å². The quantitative estimate of drug-likeness (QED) is 0.0745.